The highest BCUT2D eigenvalue weighted by atomic mass is 32.2. The normalized spacial score (nSPS) is 22.0. The molecule has 1 atom stereocenters. The summed E-state index contributed by atoms with van der Waals surface area (Å²) in [5.74, 6) is -0.233. The van der Waals surface area contributed by atoms with E-state index in [1.807, 2.05) is 0 Å². The number of carbonyl (C=O) groups is 1. The van der Waals surface area contributed by atoms with E-state index < -0.39 is 10.0 Å². The van der Waals surface area contributed by atoms with Gasteiger partial charge in [0.05, 0.1) is 25.1 Å². The van der Waals surface area contributed by atoms with Crippen LogP contribution in [-0.4, -0.2) is 64.2 Å². The zero-order valence-corrected chi connectivity index (χ0v) is 15.0. The molecular formula is C17H24N2O5S. The van der Waals surface area contributed by atoms with Gasteiger partial charge in [-0.2, -0.15) is 4.31 Å². The Morgan fingerprint density at radius 3 is 2.52 bits per heavy atom. The molecule has 0 aliphatic carbocycles. The second kappa shape index (κ2) is 8.27. The van der Waals surface area contributed by atoms with Gasteiger partial charge in [0.2, 0.25) is 10.0 Å². The molecule has 2 saturated heterocycles. The number of sulfonamides is 1. The Bertz CT molecular complexity index is 677. The molecule has 1 aromatic rings. The molecule has 2 fully saturated rings. The van der Waals surface area contributed by atoms with E-state index in [2.05, 4.69) is 5.32 Å². The fraction of sp³-hybridized carbons (Fsp3) is 0.588. The molecule has 2 aliphatic heterocycles. The van der Waals surface area contributed by atoms with Crippen LogP contribution in [0.25, 0.3) is 0 Å². The Morgan fingerprint density at radius 2 is 1.88 bits per heavy atom. The van der Waals surface area contributed by atoms with Gasteiger partial charge >= 0.3 is 0 Å². The molecule has 8 heteroatoms. The van der Waals surface area contributed by atoms with E-state index in [0.29, 0.717) is 44.0 Å². The van der Waals surface area contributed by atoms with Gasteiger partial charge in [-0.1, -0.05) is 12.1 Å². The molecular weight excluding hydrogens is 344 g/mol. The molecule has 2 aliphatic rings. The number of rotatable bonds is 6. The average molecular weight is 368 g/mol. The number of carbonyl (C=O) groups excluding carboxylic acids is 1. The smallest absolute Gasteiger partial charge is 0.251 e. The fourth-order valence-corrected chi connectivity index (χ4v) is 4.49. The van der Waals surface area contributed by atoms with Crippen LogP contribution in [0.5, 0.6) is 0 Å². The second-order valence-electron chi connectivity index (χ2n) is 6.31. The lowest BCUT2D eigenvalue weighted by Crippen LogP contribution is -2.41. The van der Waals surface area contributed by atoms with Gasteiger partial charge in [0.25, 0.3) is 5.91 Å². The fourth-order valence-electron chi connectivity index (χ4n) is 2.99. The van der Waals surface area contributed by atoms with Crippen LogP contribution in [0.15, 0.2) is 24.3 Å². The van der Waals surface area contributed by atoms with Gasteiger partial charge in [-0.15, -0.1) is 0 Å². The topological polar surface area (TPSA) is 84.9 Å². The summed E-state index contributed by atoms with van der Waals surface area (Å²) in [6.07, 6.45) is 2.10. The van der Waals surface area contributed by atoms with E-state index >= 15 is 0 Å². The Hall–Kier alpha value is -1.48. The van der Waals surface area contributed by atoms with E-state index in [0.717, 1.165) is 19.4 Å². The molecule has 1 amide bonds. The van der Waals surface area contributed by atoms with Crippen molar-refractivity contribution >= 4 is 15.9 Å². The van der Waals surface area contributed by atoms with Gasteiger partial charge in [-0.3, -0.25) is 4.79 Å². The van der Waals surface area contributed by atoms with Crippen LogP contribution in [-0.2, 0) is 25.2 Å². The number of amides is 1. The van der Waals surface area contributed by atoms with Crippen LogP contribution in [0.4, 0.5) is 0 Å². The summed E-state index contributed by atoms with van der Waals surface area (Å²) in [6.45, 7) is 2.92. The van der Waals surface area contributed by atoms with Crippen LogP contribution < -0.4 is 5.32 Å². The van der Waals surface area contributed by atoms with Crippen LogP contribution in [0.1, 0.15) is 28.8 Å². The number of nitrogens with zero attached hydrogens (tertiary/aromatic N) is 1. The lowest BCUT2D eigenvalue weighted by molar-refractivity contribution is 0.0729. The minimum atomic E-state index is -3.35. The van der Waals surface area contributed by atoms with Crippen molar-refractivity contribution in [3.05, 3.63) is 35.4 Å². The summed E-state index contributed by atoms with van der Waals surface area (Å²) in [5.41, 5.74) is 1.19. The van der Waals surface area contributed by atoms with E-state index in [-0.39, 0.29) is 17.8 Å². The third kappa shape index (κ3) is 5.01. The third-order valence-electron chi connectivity index (χ3n) is 4.44. The Balaban J connectivity index is 1.55. The summed E-state index contributed by atoms with van der Waals surface area (Å²) in [7, 11) is -3.35. The number of ether oxygens (including phenoxy) is 2. The highest BCUT2D eigenvalue weighted by molar-refractivity contribution is 7.88. The van der Waals surface area contributed by atoms with Gasteiger partial charge < -0.3 is 14.8 Å². The first-order valence-electron chi connectivity index (χ1n) is 8.59. The predicted molar refractivity (Wildman–Crippen MR) is 92.8 cm³/mol. The van der Waals surface area contributed by atoms with Gasteiger partial charge in [0, 0.05) is 31.8 Å². The van der Waals surface area contributed by atoms with Crippen LogP contribution >= 0.6 is 0 Å². The quantitative estimate of drug-likeness (QED) is 0.801. The molecule has 138 valence electrons. The number of morpholine rings is 1. The van der Waals surface area contributed by atoms with Gasteiger partial charge in [0.15, 0.2) is 0 Å². The number of nitrogens with one attached hydrogen (secondary N) is 1. The van der Waals surface area contributed by atoms with Crippen molar-refractivity contribution in [1.82, 2.24) is 9.62 Å². The first-order valence-corrected chi connectivity index (χ1v) is 10.2. The molecule has 7 nitrogen and oxygen atoms in total. The largest absolute Gasteiger partial charge is 0.379 e. The lowest BCUT2D eigenvalue weighted by atomic mass is 10.1. The van der Waals surface area contributed by atoms with Crippen LogP contribution in [0.3, 0.4) is 0 Å². The number of hydrogen-bond donors (Lipinski definition) is 1. The Morgan fingerprint density at radius 1 is 1.16 bits per heavy atom. The van der Waals surface area contributed by atoms with Gasteiger partial charge in [-0.25, -0.2) is 8.42 Å². The van der Waals surface area contributed by atoms with Crippen molar-refractivity contribution < 1.29 is 22.7 Å². The zero-order valence-electron chi connectivity index (χ0n) is 14.1. The van der Waals surface area contributed by atoms with Crippen molar-refractivity contribution in [3.63, 3.8) is 0 Å². The first kappa shape index (κ1) is 18.3. The summed E-state index contributed by atoms with van der Waals surface area (Å²) < 4.78 is 36.9. The Kier molecular flexibility index (Phi) is 6.06. The maximum absolute atomic E-state index is 12.4. The number of benzene rings is 1. The highest BCUT2D eigenvalue weighted by Crippen LogP contribution is 2.14. The van der Waals surface area contributed by atoms with Crippen molar-refractivity contribution in [3.8, 4) is 0 Å². The van der Waals surface area contributed by atoms with Gasteiger partial charge in [0.1, 0.15) is 0 Å². The zero-order chi connectivity index (χ0) is 17.7. The van der Waals surface area contributed by atoms with E-state index in [4.69, 9.17) is 9.47 Å². The molecule has 0 radical (unpaired) electrons. The second-order valence-corrected chi connectivity index (χ2v) is 8.28. The summed E-state index contributed by atoms with van der Waals surface area (Å²) in [5, 5.41) is 2.86. The molecule has 0 aromatic heterocycles. The molecule has 0 bridgehead atoms. The highest BCUT2D eigenvalue weighted by Gasteiger charge is 2.24. The van der Waals surface area contributed by atoms with Gasteiger partial charge in [-0.05, 0) is 30.5 Å². The molecule has 0 unspecified atom stereocenters. The summed E-state index contributed by atoms with van der Waals surface area (Å²) in [6, 6.07) is 6.71. The molecule has 25 heavy (non-hydrogen) atoms. The lowest BCUT2D eigenvalue weighted by Gasteiger charge is -2.26. The SMILES string of the molecule is O=C(NC[C@@H]1CCCO1)c1ccc(CS(=O)(=O)N2CCOCC2)cc1. The first-order chi connectivity index (χ1) is 12.0. The maximum Gasteiger partial charge on any atom is 0.251 e. The molecule has 3 rings (SSSR count). The van der Waals surface area contributed by atoms with Crippen molar-refractivity contribution in [1.29, 1.82) is 0 Å². The average Bonchev–Trinajstić information content (AvgIpc) is 3.14. The predicted octanol–water partition coefficient (Wildman–Crippen LogP) is 0.757. The monoisotopic (exact) mass is 368 g/mol. The molecule has 1 N–H and O–H groups in total. The Labute approximate surface area is 148 Å². The minimum Gasteiger partial charge on any atom is -0.379 e. The minimum absolute atomic E-state index is 0.0647. The maximum atomic E-state index is 12.4. The number of hydrogen-bond acceptors (Lipinski definition) is 5. The molecule has 1 aromatic carbocycles. The van der Waals surface area contributed by atoms with Crippen molar-refractivity contribution in [2.24, 2.45) is 0 Å². The summed E-state index contributed by atoms with van der Waals surface area (Å²) in [4.78, 5) is 12.1. The molecule has 2 heterocycles. The van der Waals surface area contributed by atoms with Crippen molar-refractivity contribution in [2.45, 2.75) is 24.7 Å². The molecule has 0 saturated carbocycles. The standard InChI is InChI=1S/C17H24N2O5S/c20-17(18-12-16-2-1-9-24-16)15-5-3-14(4-6-15)13-25(21,22)19-7-10-23-11-8-19/h3-6,16H,1-2,7-13H2,(H,18,20)/t16-/m0/s1. The third-order valence-corrected chi connectivity index (χ3v) is 6.29. The van der Waals surface area contributed by atoms with E-state index in [1.54, 1.807) is 24.3 Å². The van der Waals surface area contributed by atoms with Crippen LogP contribution in [0.2, 0.25) is 0 Å². The molecule has 0 spiro atoms. The summed E-state index contributed by atoms with van der Waals surface area (Å²) >= 11 is 0. The van der Waals surface area contributed by atoms with Crippen LogP contribution in [0, 0.1) is 0 Å². The van der Waals surface area contributed by atoms with Crippen molar-refractivity contribution in [2.75, 3.05) is 39.5 Å². The van der Waals surface area contributed by atoms with E-state index in [9.17, 15) is 13.2 Å². The van der Waals surface area contributed by atoms with E-state index in [1.165, 1.54) is 4.31 Å².